The number of carbonyl (C=O) groups is 1. The molecule has 0 atom stereocenters. The Hall–Kier alpha value is -2.29. The monoisotopic (exact) mass is 391 g/mol. The summed E-state index contributed by atoms with van der Waals surface area (Å²) in [6.07, 6.45) is 0. The van der Waals surface area contributed by atoms with Crippen molar-refractivity contribution in [3.63, 3.8) is 0 Å². The van der Waals surface area contributed by atoms with E-state index in [-0.39, 0.29) is 10.8 Å². The van der Waals surface area contributed by atoms with Crippen molar-refractivity contribution in [2.24, 2.45) is 0 Å². The highest BCUT2D eigenvalue weighted by molar-refractivity contribution is 7.89. The van der Waals surface area contributed by atoms with Crippen molar-refractivity contribution in [1.82, 2.24) is 9.21 Å². The molecule has 1 aliphatic heterocycles. The Morgan fingerprint density at radius 3 is 2.15 bits per heavy atom. The molecule has 0 radical (unpaired) electrons. The van der Waals surface area contributed by atoms with Gasteiger partial charge in [0.15, 0.2) is 0 Å². The number of anilines is 1. The van der Waals surface area contributed by atoms with Gasteiger partial charge in [-0.3, -0.25) is 4.79 Å². The molecule has 3 rings (SSSR count). The van der Waals surface area contributed by atoms with Gasteiger partial charge in [-0.15, -0.1) is 0 Å². The van der Waals surface area contributed by atoms with E-state index in [1.807, 2.05) is 0 Å². The van der Waals surface area contributed by atoms with E-state index in [0.29, 0.717) is 24.3 Å². The van der Waals surface area contributed by atoms with E-state index in [4.69, 9.17) is 0 Å². The summed E-state index contributed by atoms with van der Waals surface area (Å²) >= 11 is 0. The predicted octanol–water partition coefficient (Wildman–Crippen LogP) is 2.40. The molecule has 0 spiro atoms. The first-order valence-corrected chi connectivity index (χ1v) is 10.2. The van der Waals surface area contributed by atoms with Crippen molar-refractivity contribution < 1.29 is 17.6 Å². The SMILES string of the molecule is CCN1CCN(S(=O)(=O)c2ccc(NC(=O)c3ccc(F)cc3)cc2)CC1. The van der Waals surface area contributed by atoms with Crippen LogP contribution in [0, 0.1) is 5.82 Å². The molecule has 1 saturated heterocycles. The topological polar surface area (TPSA) is 69.7 Å². The van der Waals surface area contributed by atoms with Gasteiger partial charge in [0.05, 0.1) is 4.90 Å². The Labute approximate surface area is 158 Å². The molecule has 2 aromatic rings. The first-order chi connectivity index (χ1) is 12.9. The number of nitrogens with one attached hydrogen (secondary N) is 1. The second kappa shape index (κ2) is 8.16. The zero-order chi connectivity index (χ0) is 19.4. The summed E-state index contributed by atoms with van der Waals surface area (Å²) in [5.41, 5.74) is 0.793. The van der Waals surface area contributed by atoms with Gasteiger partial charge < -0.3 is 10.2 Å². The molecule has 0 unspecified atom stereocenters. The highest BCUT2D eigenvalue weighted by atomic mass is 32.2. The van der Waals surface area contributed by atoms with Crippen LogP contribution in [0.1, 0.15) is 17.3 Å². The number of halogens is 1. The van der Waals surface area contributed by atoms with Crippen LogP contribution >= 0.6 is 0 Å². The summed E-state index contributed by atoms with van der Waals surface area (Å²) < 4.78 is 39.9. The van der Waals surface area contributed by atoms with Crippen LogP contribution in [-0.2, 0) is 10.0 Å². The third kappa shape index (κ3) is 4.52. The standard InChI is InChI=1S/C19H22FN3O3S/c1-2-22-11-13-23(14-12-22)27(25,26)18-9-7-17(8-10-18)21-19(24)15-3-5-16(20)6-4-15/h3-10H,2,11-14H2,1H3,(H,21,24). The Morgan fingerprint density at radius 2 is 1.59 bits per heavy atom. The molecule has 1 N–H and O–H groups in total. The van der Waals surface area contributed by atoms with Crippen LogP contribution in [0.4, 0.5) is 10.1 Å². The first-order valence-electron chi connectivity index (χ1n) is 8.79. The van der Waals surface area contributed by atoms with Gasteiger partial charge in [-0.05, 0) is 55.1 Å². The summed E-state index contributed by atoms with van der Waals surface area (Å²) in [5.74, 6) is -0.804. The molecule has 2 aromatic carbocycles. The number of sulfonamides is 1. The minimum atomic E-state index is -3.54. The average molecular weight is 391 g/mol. The third-order valence-corrected chi connectivity index (χ3v) is 6.55. The maximum absolute atomic E-state index is 12.9. The third-order valence-electron chi connectivity index (χ3n) is 4.63. The molecule has 1 aliphatic rings. The van der Waals surface area contributed by atoms with Gasteiger partial charge in [0.25, 0.3) is 5.91 Å². The number of nitrogens with zero attached hydrogens (tertiary/aromatic N) is 2. The zero-order valence-electron chi connectivity index (χ0n) is 15.1. The van der Waals surface area contributed by atoms with E-state index < -0.39 is 15.8 Å². The van der Waals surface area contributed by atoms with Gasteiger partial charge in [0, 0.05) is 37.4 Å². The van der Waals surface area contributed by atoms with E-state index in [2.05, 4.69) is 17.1 Å². The van der Waals surface area contributed by atoms with Crippen molar-refractivity contribution in [3.8, 4) is 0 Å². The lowest BCUT2D eigenvalue weighted by molar-refractivity contribution is 0.102. The van der Waals surface area contributed by atoms with Gasteiger partial charge in [0.1, 0.15) is 5.82 Å². The Bertz CT molecular complexity index is 891. The largest absolute Gasteiger partial charge is 0.322 e. The predicted molar refractivity (Wildman–Crippen MR) is 102 cm³/mol. The van der Waals surface area contributed by atoms with Crippen LogP contribution in [0.25, 0.3) is 0 Å². The summed E-state index contributed by atoms with van der Waals surface area (Å²) in [7, 11) is -3.54. The molecule has 0 aromatic heterocycles. The lowest BCUT2D eigenvalue weighted by Gasteiger charge is -2.33. The molecule has 1 heterocycles. The number of likely N-dealkylation sites (N-methyl/N-ethyl adjacent to an activating group) is 1. The van der Waals surface area contributed by atoms with Crippen molar-refractivity contribution >= 4 is 21.6 Å². The quantitative estimate of drug-likeness (QED) is 0.850. The number of piperazine rings is 1. The number of amides is 1. The molecule has 0 saturated carbocycles. The summed E-state index contributed by atoms with van der Waals surface area (Å²) in [6, 6.07) is 11.3. The van der Waals surface area contributed by atoms with Crippen LogP contribution in [0.5, 0.6) is 0 Å². The molecular weight excluding hydrogens is 369 g/mol. The number of benzene rings is 2. The van der Waals surface area contributed by atoms with E-state index in [0.717, 1.165) is 19.6 Å². The number of carbonyl (C=O) groups excluding carboxylic acids is 1. The lowest BCUT2D eigenvalue weighted by atomic mass is 10.2. The van der Waals surface area contributed by atoms with Gasteiger partial charge in [-0.25, -0.2) is 12.8 Å². The fourth-order valence-corrected chi connectivity index (χ4v) is 4.37. The van der Waals surface area contributed by atoms with E-state index >= 15 is 0 Å². The molecule has 144 valence electrons. The highest BCUT2D eigenvalue weighted by Crippen LogP contribution is 2.20. The van der Waals surface area contributed by atoms with Gasteiger partial charge in [-0.1, -0.05) is 6.92 Å². The highest BCUT2D eigenvalue weighted by Gasteiger charge is 2.27. The fourth-order valence-electron chi connectivity index (χ4n) is 2.95. The number of hydrogen-bond acceptors (Lipinski definition) is 4. The molecule has 8 heteroatoms. The summed E-state index contributed by atoms with van der Waals surface area (Å²) in [4.78, 5) is 14.6. The van der Waals surface area contributed by atoms with Crippen molar-refractivity contribution in [1.29, 1.82) is 0 Å². The Kier molecular flexibility index (Phi) is 5.88. The maximum atomic E-state index is 12.9. The molecule has 1 fully saturated rings. The Morgan fingerprint density at radius 1 is 1.00 bits per heavy atom. The van der Waals surface area contributed by atoms with Gasteiger partial charge in [-0.2, -0.15) is 4.31 Å². The molecule has 27 heavy (non-hydrogen) atoms. The maximum Gasteiger partial charge on any atom is 0.255 e. The molecule has 0 aliphatic carbocycles. The summed E-state index contributed by atoms with van der Waals surface area (Å²) in [5, 5.41) is 2.67. The Balaban J connectivity index is 1.67. The molecule has 6 nitrogen and oxygen atoms in total. The molecule has 1 amide bonds. The van der Waals surface area contributed by atoms with Gasteiger partial charge in [0.2, 0.25) is 10.0 Å². The van der Waals surface area contributed by atoms with E-state index in [1.54, 1.807) is 12.1 Å². The first kappa shape index (κ1) is 19.5. The number of rotatable bonds is 5. The van der Waals surface area contributed by atoms with Crippen molar-refractivity contribution in [2.45, 2.75) is 11.8 Å². The minimum absolute atomic E-state index is 0.201. The number of hydrogen-bond donors (Lipinski definition) is 1. The summed E-state index contributed by atoms with van der Waals surface area (Å²) in [6.45, 7) is 5.36. The fraction of sp³-hybridized carbons (Fsp3) is 0.316. The second-order valence-corrected chi connectivity index (χ2v) is 8.26. The van der Waals surface area contributed by atoms with Crippen LogP contribution in [-0.4, -0.2) is 56.3 Å². The normalized spacial score (nSPS) is 16.2. The zero-order valence-corrected chi connectivity index (χ0v) is 15.9. The lowest BCUT2D eigenvalue weighted by Crippen LogP contribution is -2.48. The van der Waals surface area contributed by atoms with Crippen molar-refractivity contribution in [2.75, 3.05) is 38.0 Å². The molecular formula is C19H22FN3O3S. The average Bonchev–Trinajstić information content (AvgIpc) is 2.69. The van der Waals surface area contributed by atoms with E-state index in [1.165, 1.54) is 40.7 Å². The second-order valence-electron chi connectivity index (χ2n) is 6.32. The van der Waals surface area contributed by atoms with Crippen molar-refractivity contribution in [3.05, 3.63) is 59.9 Å². The van der Waals surface area contributed by atoms with Crippen LogP contribution in [0.15, 0.2) is 53.4 Å². The smallest absolute Gasteiger partial charge is 0.255 e. The van der Waals surface area contributed by atoms with Crippen LogP contribution in [0.3, 0.4) is 0 Å². The van der Waals surface area contributed by atoms with E-state index in [9.17, 15) is 17.6 Å². The van der Waals surface area contributed by atoms with Crippen LogP contribution in [0.2, 0.25) is 0 Å². The van der Waals surface area contributed by atoms with Crippen LogP contribution < -0.4 is 5.32 Å². The van der Waals surface area contributed by atoms with Gasteiger partial charge >= 0.3 is 0 Å². The molecule has 0 bridgehead atoms. The minimum Gasteiger partial charge on any atom is -0.322 e.